The fourth-order valence-corrected chi connectivity index (χ4v) is 3.29. The van der Waals surface area contributed by atoms with E-state index in [1.54, 1.807) is 7.11 Å². The highest BCUT2D eigenvalue weighted by atomic mass is 32.2. The zero-order valence-corrected chi connectivity index (χ0v) is 15.6. The molecular formula is C20H21N3O2S. The maximum absolute atomic E-state index is 12.4. The van der Waals surface area contributed by atoms with Crippen molar-refractivity contribution in [3.05, 3.63) is 72.4 Å². The summed E-state index contributed by atoms with van der Waals surface area (Å²) in [5, 5.41) is 7.06. The molecule has 0 saturated heterocycles. The third kappa shape index (κ3) is 4.89. The summed E-state index contributed by atoms with van der Waals surface area (Å²) in [4.78, 5) is 13.4. The number of nitrogens with one attached hydrogen (secondary N) is 1. The first kappa shape index (κ1) is 18.1. The zero-order valence-electron chi connectivity index (χ0n) is 14.8. The molecule has 0 bridgehead atoms. The minimum Gasteiger partial charge on any atom is -0.497 e. The number of benzene rings is 2. The Balaban J connectivity index is 1.55. The van der Waals surface area contributed by atoms with Gasteiger partial charge in [-0.25, -0.2) is 0 Å². The van der Waals surface area contributed by atoms with E-state index in [4.69, 9.17) is 4.74 Å². The number of hydrogen-bond donors (Lipinski definition) is 1. The van der Waals surface area contributed by atoms with Crippen molar-refractivity contribution in [3.8, 4) is 5.75 Å². The average Bonchev–Trinajstić information content (AvgIpc) is 3.10. The van der Waals surface area contributed by atoms with E-state index in [9.17, 15) is 4.79 Å². The first-order chi connectivity index (χ1) is 12.6. The topological polar surface area (TPSA) is 56.1 Å². The number of rotatable bonds is 7. The van der Waals surface area contributed by atoms with Crippen LogP contribution in [0.25, 0.3) is 0 Å². The number of thioether (sulfide) groups is 1. The minimum absolute atomic E-state index is 0.0734. The molecule has 26 heavy (non-hydrogen) atoms. The van der Waals surface area contributed by atoms with Crippen molar-refractivity contribution in [1.82, 2.24) is 9.78 Å². The van der Waals surface area contributed by atoms with E-state index in [2.05, 4.69) is 10.4 Å². The molecule has 134 valence electrons. The lowest BCUT2D eigenvalue weighted by Crippen LogP contribution is -2.22. The van der Waals surface area contributed by atoms with Crippen LogP contribution in [0.5, 0.6) is 5.75 Å². The number of aromatic nitrogens is 2. The van der Waals surface area contributed by atoms with E-state index in [0.29, 0.717) is 12.4 Å². The van der Waals surface area contributed by atoms with Gasteiger partial charge in [0.15, 0.2) is 5.82 Å². The fourth-order valence-electron chi connectivity index (χ4n) is 2.43. The second kappa shape index (κ2) is 8.58. The summed E-state index contributed by atoms with van der Waals surface area (Å²) in [6.45, 7) is 2.55. The Bertz CT molecular complexity index is 847. The average molecular weight is 367 g/mol. The molecule has 1 heterocycles. The monoisotopic (exact) mass is 367 g/mol. The molecule has 0 aliphatic heterocycles. The summed E-state index contributed by atoms with van der Waals surface area (Å²) in [6.07, 6.45) is 1.86. The standard InChI is InChI=1S/C20H21N3O2S/c1-15(26-18-10-8-17(25-2)9-11-18)20(24)21-19-12-13-23(22-19)14-16-6-4-3-5-7-16/h3-13,15H,14H2,1-2H3,(H,21,22,24)/t15-/m1/s1. The molecule has 0 unspecified atom stereocenters. The summed E-state index contributed by atoms with van der Waals surface area (Å²) in [6, 6.07) is 19.6. The summed E-state index contributed by atoms with van der Waals surface area (Å²) < 4.78 is 6.96. The second-order valence-corrected chi connectivity index (χ2v) is 7.22. The molecule has 0 saturated carbocycles. The van der Waals surface area contributed by atoms with E-state index >= 15 is 0 Å². The van der Waals surface area contributed by atoms with Crippen LogP contribution in [0.1, 0.15) is 12.5 Å². The summed E-state index contributed by atoms with van der Waals surface area (Å²) in [7, 11) is 1.63. The van der Waals surface area contributed by atoms with Gasteiger partial charge in [-0.2, -0.15) is 5.10 Å². The number of nitrogens with zero attached hydrogens (tertiary/aromatic N) is 2. The lowest BCUT2D eigenvalue weighted by molar-refractivity contribution is -0.115. The highest BCUT2D eigenvalue weighted by molar-refractivity contribution is 8.00. The van der Waals surface area contributed by atoms with Crippen LogP contribution in [0.2, 0.25) is 0 Å². The Hall–Kier alpha value is -2.73. The third-order valence-electron chi connectivity index (χ3n) is 3.82. The highest BCUT2D eigenvalue weighted by Gasteiger charge is 2.15. The number of anilines is 1. The molecule has 0 aliphatic carbocycles. The van der Waals surface area contributed by atoms with Crippen molar-refractivity contribution in [1.29, 1.82) is 0 Å². The van der Waals surface area contributed by atoms with Crippen molar-refractivity contribution in [2.45, 2.75) is 23.6 Å². The molecule has 3 rings (SSSR count). The van der Waals surface area contributed by atoms with E-state index in [0.717, 1.165) is 16.2 Å². The largest absolute Gasteiger partial charge is 0.497 e. The maximum atomic E-state index is 12.4. The van der Waals surface area contributed by atoms with Gasteiger partial charge >= 0.3 is 0 Å². The Morgan fingerprint density at radius 3 is 2.58 bits per heavy atom. The predicted molar refractivity (Wildman–Crippen MR) is 105 cm³/mol. The molecule has 0 radical (unpaired) electrons. The SMILES string of the molecule is COc1ccc(S[C@H](C)C(=O)Nc2ccn(Cc3ccccc3)n2)cc1. The molecule has 1 aromatic heterocycles. The lowest BCUT2D eigenvalue weighted by atomic mass is 10.2. The van der Waals surface area contributed by atoms with E-state index in [-0.39, 0.29) is 11.2 Å². The normalized spacial score (nSPS) is 11.8. The molecule has 0 spiro atoms. The fraction of sp³-hybridized carbons (Fsp3) is 0.200. The molecule has 1 N–H and O–H groups in total. The van der Waals surface area contributed by atoms with Gasteiger partial charge in [0.25, 0.3) is 0 Å². The van der Waals surface area contributed by atoms with Crippen molar-refractivity contribution in [2.75, 3.05) is 12.4 Å². The van der Waals surface area contributed by atoms with E-state index < -0.39 is 0 Å². The molecule has 0 aliphatic rings. The highest BCUT2D eigenvalue weighted by Crippen LogP contribution is 2.26. The summed E-state index contributed by atoms with van der Waals surface area (Å²) in [5.41, 5.74) is 1.16. The van der Waals surface area contributed by atoms with Crippen molar-refractivity contribution in [2.24, 2.45) is 0 Å². The van der Waals surface area contributed by atoms with E-state index in [1.807, 2.05) is 78.5 Å². The number of ether oxygens (including phenoxy) is 1. The number of carbonyl (C=O) groups is 1. The Kier molecular flexibility index (Phi) is 5.96. The van der Waals surface area contributed by atoms with Crippen LogP contribution in [0.4, 0.5) is 5.82 Å². The van der Waals surface area contributed by atoms with Gasteiger partial charge in [0.2, 0.25) is 5.91 Å². The second-order valence-electron chi connectivity index (χ2n) is 5.81. The molecular weight excluding hydrogens is 346 g/mol. The molecule has 0 fully saturated rings. The van der Waals surface area contributed by atoms with Crippen LogP contribution in [-0.2, 0) is 11.3 Å². The van der Waals surface area contributed by atoms with Gasteiger partial charge < -0.3 is 10.1 Å². The first-order valence-corrected chi connectivity index (χ1v) is 9.21. The molecule has 3 aromatic rings. The van der Waals surface area contributed by atoms with Gasteiger partial charge in [-0.3, -0.25) is 9.48 Å². The zero-order chi connectivity index (χ0) is 18.4. The Morgan fingerprint density at radius 2 is 1.88 bits per heavy atom. The molecule has 5 nitrogen and oxygen atoms in total. The lowest BCUT2D eigenvalue weighted by Gasteiger charge is -2.11. The molecule has 1 amide bonds. The van der Waals surface area contributed by atoms with Gasteiger partial charge in [0.05, 0.1) is 18.9 Å². The predicted octanol–water partition coefficient (Wildman–Crippen LogP) is 4.06. The van der Waals surface area contributed by atoms with Crippen LogP contribution in [0.3, 0.4) is 0 Å². The third-order valence-corrected chi connectivity index (χ3v) is 4.93. The van der Waals surface area contributed by atoms with Gasteiger partial charge in [0, 0.05) is 17.2 Å². The molecule has 2 aromatic carbocycles. The summed E-state index contributed by atoms with van der Waals surface area (Å²) in [5.74, 6) is 1.29. The van der Waals surface area contributed by atoms with Gasteiger partial charge in [-0.15, -0.1) is 11.8 Å². The van der Waals surface area contributed by atoms with Crippen molar-refractivity contribution >= 4 is 23.5 Å². The van der Waals surface area contributed by atoms with Crippen LogP contribution >= 0.6 is 11.8 Å². The van der Waals surface area contributed by atoms with Crippen LogP contribution < -0.4 is 10.1 Å². The van der Waals surface area contributed by atoms with Crippen LogP contribution in [0.15, 0.2) is 71.8 Å². The first-order valence-electron chi connectivity index (χ1n) is 8.33. The smallest absolute Gasteiger partial charge is 0.238 e. The van der Waals surface area contributed by atoms with E-state index in [1.165, 1.54) is 11.8 Å². The van der Waals surface area contributed by atoms with Crippen molar-refractivity contribution < 1.29 is 9.53 Å². The maximum Gasteiger partial charge on any atom is 0.238 e. The van der Waals surface area contributed by atoms with Gasteiger partial charge in [-0.05, 0) is 36.8 Å². The van der Waals surface area contributed by atoms with Crippen molar-refractivity contribution in [3.63, 3.8) is 0 Å². The van der Waals surface area contributed by atoms with Gasteiger partial charge in [0.1, 0.15) is 5.75 Å². The Labute approximate surface area is 157 Å². The molecule has 6 heteroatoms. The number of hydrogen-bond acceptors (Lipinski definition) is 4. The summed E-state index contributed by atoms with van der Waals surface area (Å²) >= 11 is 1.50. The van der Waals surface area contributed by atoms with Crippen LogP contribution in [-0.4, -0.2) is 28.0 Å². The quantitative estimate of drug-likeness (QED) is 0.640. The number of amides is 1. The number of methoxy groups -OCH3 is 1. The molecule has 1 atom stereocenters. The van der Waals surface area contributed by atoms with Crippen LogP contribution in [0, 0.1) is 0 Å². The van der Waals surface area contributed by atoms with Gasteiger partial charge in [-0.1, -0.05) is 30.3 Å². The Morgan fingerprint density at radius 1 is 1.15 bits per heavy atom. The minimum atomic E-state index is -0.234. The number of carbonyl (C=O) groups excluding carboxylic acids is 1.